The summed E-state index contributed by atoms with van der Waals surface area (Å²) in [4.78, 5) is 4.91. The number of nitrogens with zero attached hydrogens (tertiary/aromatic N) is 2. The first-order valence-electron chi connectivity index (χ1n) is 7.36. The fourth-order valence-electron chi connectivity index (χ4n) is 2.89. The molecular formula is C16H26FN3. The summed E-state index contributed by atoms with van der Waals surface area (Å²) in [5.41, 5.74) is 7.28. The first kappa shape index (κ1) is 15.4. The van der Waals surface area contributed by atoms with Gasteiger partial charge in [0.25, 0.3) is 0 Å². The monoisotopic (exact) mass is 279 g/mol. The van der Waals surface area contributed by atoms with Crippen LogP contribution in [0.1, 0.15) is 32.4 Å². The molecule has 1 saturated heterocycles. The SMILES string of the molecule is CC(C)(C)N1CCN(C(CN)c2ccc(F)cc2)CC1. The molecule has 0 aromatic heterocycles. The van der Waals surface area contributed by atoms with Crippen LogP contribution in [0.5, 0.6) is 0 Å². The maximum Gasteiger partial charge on any atom is 0.123 e. The number of rotatable bonds is 3. The molecule has 0 bridgehead atoms. The van der Waals surface area contributed by atoms with E-state index in [0.29, 0.717) is 6.54 Å². The Morgan fingerprint density at radius 2 is 1.65 bits per heavy atom. The van der Waals surface area contributed by atoms with Crippen LogP contribution in [0.15, 0.2) is 24.3 Å². The van der Waals surface area contributed by atoms with Gasteiger partial charge in [0.05, 0.1) is 0 Å². The van der Waals surface area contributed by atoms with Crippen molar-refractivity contribution in [3.05, 3.63) is 35.6 Å². The topological polar surface area (TPSA) is 32.5 Å². The summed E-state index contributed by atoms with van der Waals surface area (Å²) in [7, 11) is 0. The van der Waals surface area contributed by atoms with Crippen LogP contribution in [0, 0.1) is 5.82 Å². The van der Waals surface area contributed by atoms with Crippen molar-refractivity contribution in [2.24, 2.45) is 5.73 Å². The van der Waals surface area contributed by atoms with Crippen molar-refractivity contribution in [3.8, 4) is 0 Å². The van der Waals surface area contributed by atoms with E-state index in [1.807, 2.05) is 12.1 Å². The van der Waals surface area contributed by atoms with Gasteiger partial charge in [-0.15, -0.1) is 0 Å². The molecule has 1 aliphatic heterocycles. The van der Waals surface area contributed by atoms with Crippen molar-refractivity contribution in [1.29, 1.82) is 0 Å². The minimum Gasteiger partial charge on any atom is -0.329 e. The summed E-state index contributed by atoms with van der Waals surface area (Å²) in [5, 5.41) is 0. The van der Waals surface area contributed by atoms with Crippen molar-refractivity contribution in [1.82, 2.24) is 9.80 Å². The standard InChI is InChI=1S/C16H26FN3/c1-16(2,3)20-10-8-19(9-11-20)15(12-18)13-4-6-14(17)7-5-13/h4-7,15H,8-12,18H2,1-3H3. The normalized spacial score (nSPS) is 20.1. The molecule has 0 saturated carbocycles. The van der Waals surface area contributed by atoms with E-state index in [0.717, 1.165) is 31.7 Å². The zero-order chi connectivity index (χ0) is 14.8. The highest BCUT2D eigenvalue weighted by Crippen LogP contribution is 2.24. The predicted molar refractivity (Wildman–Crippen MR) is 81.1 cm³/mol. The molecule has 4 heteroatoms. The first-order chi connectivity index (χ1) is 9.41. The Bertz CT molecular complexity index is 416. The van der Waals surface area contributed by atoms with Gasteiger partial charge in [0.15, 0.2) is 0 Å². The van der Waals surface area contributed by atoms with Gasteiger partial charge in [0.2, 0.25) is 0 Å². The van der Waals surface area contributed by atoms with Crippen LogP contribution in [-0.4, -0.2) is 48.1 Å². The van der Waals surface area contributed by atoms with E-state index >= 15 is 0 Å². The highest BCUT2D eigenvalue weighted by Gasteiger charge is 2.29. The predicted octanol–water partition coefficient (Wildman–Crippen LogP) is 2.24. The summed E-state index contributed by atoms with van der Waals surface area (Å²) in [6.07, 6.45) is 0. The van der Waals surface area contributed by atoms with E-state index in [4.69, 9.17) is 5.73 Å². The van der Waals surface area contributed by atoms with E-state index < -0.39 is 0 Å². The van der Waals surface area contributed by atoms with Gasteiger partial charge in [-0.2, -0.15) is 0 Å². The van der Waals surface area contributed by atoms with Gasteiger partial charge in [-0.25, -0.2) is 4.39 Å². The fourth-order valence-corrected chi connectivity index (χ4v) is 2.89. The van der Waals surface area contributed by atoms with Gasteiger partial charge in [-0.05, 0) is 38.5 Å². The number of hydrogen-bond donors (Lipinski definition) is 1. The molecule has 2 N–H and O–H groups in total. The molecule has 1 aromatic rings. The quantitative estimate of drug-likeness (QED) is 0.921. The first-order valence-corrected chi connectivity index (χ1v) is 7.36. The van der Waals surface area contributed by atoms with Crippen molar-refractivity contribution in [2.75, 3.05) is 32.7 Å². The molecule has 3 nitrogen and oxygen atoms in total. The largest absolute Gasteiger partial charge is 0.329 e. The number of halogens is 1. The van der Waals surface area contributed by atoms with E-state index in [2.05, 4.69) is 30.6 Å². The van der Waals surface area contributed by atoms with Crippen molar-refractivity contribution >= 4 is 0 Å². The number of benzene rings is 1. The lowest BCUT2D eigenvalue weighted by Crippen LogP contribution is -2.54. The third kappa shape index (κ3) is 3.57. The maximum absolute atomic E-state index is 13.0. The van der Waals surface area contributed by atoms with Gasteiger partial charge in [-0.1, -0.05) is 12.1 Å². The molecule has 1 fully saturated rings. The lowest BCUT2D eigenvalue weighted by atomic mass is 10.0. The molecule has 20 heavy (non-hydrogen) atoms. The summed E-state index contributed by atoms with van der Waals surface area (Å²) in [6, 6.07) is 6.93. The smallest absolute Gasteiger partial charge is 0.123 e. The molecular weight excluding hydrogens is 253 g/mol. The Morgan fingerprint density at radius 1 is 1.10 bits per heavy atom. The highest BCUT2D eigenvalue weighted by molar-refractivity contribution is 5.20. The summed E-state index contributed by atoms with van der Waals surface area (Å²) >= 11 is 0. The highest BCUT2D eigenvalue weighted by atomic mass is 19.1. The van der Waals surface area contributed by atoms with Gasteiger partial charge in [-0.3, -0.25) is 9.80 Å². The van der Waals surface area contributed by atoms with Crippen LogP contribution in [0.4, 0.5) is 4.39 Å². The number of piperazine rings is 1. The minimum atomic E-state index is -0.193. The third-order valence-corrected chi connectivity index (χ3v) is 4.18. The molecule has 0 amide bonds. The van der Waals surface area contributed by atoms with Crippen LogP contribution in [0.2, 0.25) is 0 Å². The summed E-state index contributed by atoms with van der Waals surface area (Å²) < 4.78 is 13.0. The molecule has 1 atom stereocenters. The Balaban J connectivity index is 2.02. The Morgan fingerprint density at radius 3 is 2.10 bits per heavy atom. The second kappa shape index (κ2) is 6.20. The lowest BCUT2D eigenvalue weighted by Gasteiger charge is -2.44. The van der Waals surface area contributed by atoms with Crippen LogP contribution >= 0.6 is 0 Å². The summed E-state index contributed by atoms with van der Waals surface area (Å²) in [6.45, 7) is 11.5. The van der Waals surface area contributed by atoms with Crippen LogP contribution in [-0.2, 0) is 0 Å². The van der Waals surface area contributed by atoms with Gasteiger partial charge < -0.3 is 5.73 Å². The van der Waals surface area contributed by atoms with Crippen LogP contribution in [0.25, 0.3) is 0 Å². The third-order valence-electron chi connectivity index (χ3n) is 4.18. The van der Waals surface area contributed by atoms with Gasteiger partial charge in [0.1, 0.15) is 5.82 Å². The van der Waals surface area contributed by atoms with E-state index in [-0.39, 0.29) is 17.4 Å². The van der Waals surface area contributed by atoms with Crippen molar-refractivity contribution < 1.29 is 4.39 Å². The van der Waals surface area contributed by atoms with Gasteiger partial charge in [0, 0.05) is 44.3 Å². The molecule has 0 spiro atoms. The molecule has 1 aromatic carbocycles. The molecule has 0 aliphatic carbocycles. The fraction of sp³-hybridized carbons (Fsp3) is 0.625. The zero-order valence-electron chi connectivity index (χ0n) is 12.8. The Hall–Kier alpha value is -0.970. The van der Waals surface area contributed by atoms with E-state index in [9.17, 15) is 4.39 Å². The van der Waals surface area contributed by atoms with Crippen molar-refractivity contribution in [3.63, 3.8) is 0 Å². The molecule has 1 aliphatic rings. The maximum atomic E-state index is 13.0. The van der Waals surface area contributed by atoms with E-state index in [1.54, 1.807) is 0 Å². The number of nitrogens with two attached hydrogens (primary N) is 1. The molecule has 112 valence electrons. The zero-order valence-corrected chi connectivity index (χ0v) is 12.8. The second-order valence-electron chi connectivity index (χ2n) is 6.50. The minimum absolute atomic E-state index is 0.192. The number of hydrogen-bond acceptors (Lipinski definition) is 3. The summed E-state index contributed by atoms with van der Waals surface area (Å²) in [5.74, 6) is -0.193. The average Bonchev–Trinajstić information content (AvgIpc) is 2.41. The Kier molecular flexibility index (Phi) is 4.78. The second-order valence-corrected chi connectivity index (χ2v) is 6.50. The van der Waals surface area contributed by atoms with Crippen molar-refractivity contribution in [2.45, 2.75) is 32.4 Å². The molecule has 1 heterocycles. The molecule has 0 radical (unpaired) electrons. The van der Waals surface area contributed by atoms with E-state index in [1.165, 1.54) is 12.1 Å². The van der Waals surface area contributed by atoms with Crippen LogP contribution < -0.4 is 5.73 Å². The average molecular weight is 279 g/mol. The van der Waals surface area contributed by atoms with Gasteiger partial charge >= 0.3 is 0 Å². The molecule has 2 rings (SSSR count). The lowest BCUT2D eigenvalue weighted by molar-refractivity contribution is 0.0433. The Labute approximate surface area is 121 Å². The molecule has 1 unspecified atom stereocenters. The van der Waals surface area contributed by atoms with Crippen LogP contribution in [0.3, 0.4) is 0 Å².